The number of urea groups is 1. The maximum absolute atomic E-state index is 12.6. The third kappa shape index (κ3) is 5.47. The van der Waals surface area contributed by atoms with Crippen LogP contribution in [0.2, 0.25) is 5.02 Å². The molecule has 0 aromatic heterocycles. The van der Waals surface area contributed by atoms with E-state index in [1.807, 2.05) is 10.2 Å². The highest BCUT2D eigenvalue weighted by molar-refractivity contribution is 6.33. The van der Waals surface area contributed by atoms with Crippen molar-refractivity contribution in [2.75, 3.05) is 42.9 Å². The lowest BCUT2D eigenvalue weighted by Crippen LogP contribution is -2.49. The predicted molar refractivity (Wildman–Crippen MR) is 104 cm³/mol. The van der Waals surface area contributed by atoms with E-state index in [2.05, 4.69) is 10.6 Å². The fraction of sp³-hybridized carbons (Fsp3) is 0.500. The second kappa shape index (κ2) is 8.99. The number of carbonyl (C=O) groups is 3. The van der Waals surface area contributed by atoms with Crippen LogP contribution in [-0.2, 0) is 9.59 Å². The van der Waals surface area contributed by atoms with Crippen molar-refractivity contribution in [2.24, 2.45) is 0 Å². The summed E-state index contributed by atoms with van der Waals surface area (Å²) in [6.07, 6.45) is -3.73. The molecule has 0 saturated carbocycles. The highest BCUT2D eigenvalue weighted by atomic mass is 35.5. The molecule has 0 radical (unpaired) electrons. The minimum absolute atomic E-state index is 0.112. The Morgan fingerprint density at radius 3 is 2.70 bits per heavy atom. The lowest BCUT2D eigenvalue weighted by atomic mass is 10.2. The van der Waals surface area contributed by atoms with Gasteiger partial charge in [-0.2, -0.15) is 13.2 Å². The minimum Gasteiger partial charge on any atom is -0.359 e. The van der Waals surface area contributed by atoms with E-state index in [-0.39, 0.29) is 25.4 Å². The highest BCUT2D eigenvalue weighted by Crippen LogP contribution is 2.30. The quantitative estimate of drug-likeness (QED) is 0.657. The summed E-state index contributed by atoms with van der Waals surface area (Å²) in [5, 5.41) is 7.50. The zero-order valence-corrected chi connectivity index (χ0v) is 16.6. The summed E-state index contributed by atoms with van der Waals surface area (Å²) in [4.78, 5) is 39.2. The van der Waals surface area contributed by atoms with Gasteiger partial charge in [-0.25, -0.2) is 4.79 Å². The van der Waals surface area contributed by atoms with Crippen molar-refractivity contribution in [1.82, 2.24) is 15.5 Å². The number of halogens is 4. The van der Waals surface area contributed by atoms with Gasteiger partial charge in [0.25, 0.3) is 0 Å². The molecule has 12 heteroatoms. The number of hydrogen-bond donors (Lipinski definition) is 3. The van der Waals surface area contributed by atoms with Gasteiger partial charge in [0, 0.05) is 25.3 Å². The van der Waals surface area contributed by atoms with E-state index >= 15 is 0 Å². The third-order valence-corrected chi connectivity index (χ3v) is 5.16. The lowest BCUT2D eigenvalue weighted by Gasteiger charge is -2.29. The second-order valence-electron chi connectivity index (χ2n) is 7.05. The molecule has 2 aliphatic heterocycles. The maximum atomic E-state index is 12.6. The molecule has 2 aliphatic rings. The number of nitrogens with one attached hydrogen (secondary N) is 3. The number of benzene rings is 1. The summed E-state index contributed by atoms with van der Waals surface area (Å²) < 4.78 is 37.0. The van der Waals surface area contributed by atoms with Gasteiger partial charge in [0.1, 0.15) is 12.6 Å². The zero-order chi connectivity index (χ0) is 21.9. The first-order valence-corrected chi connectivity index (χ1v) is 9.75. The molecular weight excluding hydrogens is 427 g/mol. The molecule has 4 amide bonds. The number of anilines is 2. The molecule has 2 saturated heterocycles. The molecule has 1 aromatic rings. The maximum Gasteiger partial charge on any atom is 0.405 e. The van der Waals surface area contributed by atoms with E-state index in [0.717, 1.165) is 0 Å². The molecule has 0 spiro atoms. The fourth-order valence-electron chi connectivity index (χ4n) is 3.47. The largest absolute Gasteiger partial charge is 0.405 e. The van der Waals surface area contributed by atoms with Crippen LogP contribution in [0.15, 0.2) is 18.2 Å². The average Bonchev–Trinajstić information content (AvgIpc) is 3.16. The number of nitrogens with zero attached hydrogens (tertiary/aromatic N) is 2. The highest BCUT2D eigenvalue weighted by Gasteiger charge is 2.36. The van der Waals surface area contributed by atoms with Crippen LogP contribution in [0.25, 0.3) is 0 Å². The summed E-state index contributed by atoms with van der Waals surface area (Å²) in [5.74, 6) is -0.949. The third-order valence-electron chi connectivity index (χ3n) is 4.86. The van der Waals surface area contributed by atoms with Crippen molar-refractivity contribution in [1.29, 1.82) is 0 Å². The summed E-state index contributed by atoms with van der Waals surface area (Å²) in [7, 11) is 0. The Bertz CT molecular complexity index is 836. The van der Waals surface area contributed by atoms with E-state index < -0.39 is 30.7 Å². The topological polar surface area (TPSA) is 93.8 Å². The van der Waals surface area contributed by atoms with Crippen LogP contribution in [0.4, 0.5) is 29.3 Å². The summed E-state index contributed by atoms with van der Waals surface area (Å²) in [6, 6.07) is 3.25. The molecule has 0 aliphatic carbocycles. The van der Waals surface area contributed by atoms with Gasteiger partial charge in [0.15, 0.2) is 0 Å². The predicted octanol–water partition coefficient (Wildman–Crippen LogP) is 1.95. The molecule has 3 rings (SSSR count). The van der Waals surface area contributed by atoms with Crippen LogP contribution in [0.5, 0.6) is 0 Å². The Hall–Kier alpha value is -2.69. The Balaban J connectivity index is 1.62. The van der Waals surface area contributed by atoms with Gasteiger partial charge in [0.2, 0.25) is 11.8 Å². The Morgan fingerprint density at radius 2 is 2.03 bits per heavy atom. The van der Waals surface area contributed by atoms with Gasteiger partial charge in [-0.1, -0.05) is 11.6 Å². The molecule has 30 heavy (non-hydrogen) atoms. The fourth-order valence-corrected chi connectivity index (χ4v) is 3.77. The number of alkyl halides is 3. The van der Waals surface area contributed by atoms with Crippen molar-refractivity contribution in [3.63, 3.8) is 0 Å². The first kappa shape index (κ1) is 22.0. The summed E-state index contributed by atoms with van der Waals surface area (Å²) in [5.41, 5.74) is 1.02. The molecule has 1 atom stereocenters. The van der Waals surface area contributed by atoms with E-state index in [9.17, 15) is 27.6 Å². The molecule has 1 aromatic carbocycles. The average molecular weight is 448 g/mol. The van der Waals surface area contributed by atoms with Crippen LogP contribution in [0.1, 0.15) is 12.8 Å². The molecule has 2 fully saturated rings. The first-order chi connectivity index (χ1) is 14.1. The molecule has 0 bridgehead atoms. The Kier molecular flexibility index (Phi) is 6.59. The molecule has 8 nitrogen and oxygen atoms in total. The van der Waals surface area contributed by atoms with Crippen molar-refractivity contribution in [3.05, 3.63) is 23.2 Å². The van der Waals surface area contributed by atoms with E-state index in [1.54, 1.807) is 12.1 Å². The van der Waals surface area contributed by atoms with Gasteiger partial charge in [-0.15, -0.1) is 0 Å². The van der Waals surface area contributed by atoms with Crippen LogP contribution >= 0.6 is 11.6 Å². The molecule has 1 unspecified atom stereocenters. The number of amides is 4. The molecular formula is C18H21ClF3N5O3. The van der Waals surface area contributed by atoms with Crippen molar-refractivity contribution < 1.29 is 27.6 Å². The lowest BCUT2D eigenvalue weighted by molar-refractivity contribution is -0.140. The van der Waals surface area contributed by atoms with Gasteiger partial charge < -0.3 is 25.8 Å². The summed E-state index contributed by atoms with van der Waals surface area (Å²) in [6.45, 7) is 0.0853. The number of rotatable bonds is 4. The van der Waals surface area contributed by atoms with Gasteiger partial charge >= 0.3 is 12.2 Å². The summed E-state index contributed by atoms with van der Waals surface area (Å²) >= 11 is 6.31. The molecule has 3 N–H and O–H groups in total. The normalized spacial score (nSPS) is 19.5. The first-order valence-electron chi connectivity index (χ1n) is 9.37. The molecule has 164 valence electrons. The SMILES string of the molecule is O=C1CN(c2ccc(NC(=O)N3CCCC3C(=O)NCC(F)(F)F)cc2Cl)CCN1. The van der Waals surface area contributed by atoms with Crippen molar-refractivity contribution >= 4 is 40.8 Å². The Labute approximate surface area is 175 Å². The van der Waals surface area contributed by atoms with Crippen LogP contribution in [0, 0.1) is 0 Å². The monoisotopic (exact) mass is 447 g/mol. The molecule has 2 heterocycles. The van der Waals surface area contributed by atoms with Crippen molar-refractivity contribution in [3.8, 4) is 0 Å². The Morgan fingerprint density at radius 1 is 1.27 bits per heavy atom. The smallest absolute Gasteiger partial charge is 0.359 e. The van der Waals surface area contributed by atoms with Gasteiger partial charge in [-0.3, -0.25) is 9.59 Å². The van der Waals surface area contributed by atoms with E-state index in [1.165, 1.54) is 11.0 Å². The van der Waals surface area contributed by atoms with Crippen LogP contribution < -0.4 is 20.9 Å². The van der Waals surface area contributed by atoms with E-state index in [0.29, 0.717) is 35.9 Å². The number of hydrogen-bond acceptors (Lipinski definition) is 4. The van der Waals surface area contributed by atoms with Crippen molar-refractivity contribution in [2.45, 2.75) is 25.1 Å². The minimum atomic E-state index is -4.52. The van der Waals surface area contributed by atoms with E-state index in [4.69, 9.17) is 11.6 Å². The van der Waals surface area contributed by atoms with Crippen LogP contribution in [0.3, 0.4) is 0 Å². The second-order valence-corrected chi connectivity index (χ2v) is 7.46. The van der Waals surface area contributed by atoms with Crippen LogP contribution in [-0.4, -0.2) is 67.7 Å². The number of likely N-dealkylation sites (tertiary alicyclic amines) is 1. The number of carbonyl (C=O) groups excluding carboxylic acids is 3. The zero-order valence-electron chi connectivity index (χ0n) is 15.9. The number of piperazine rings is 1. The standard InChI is InChI=1S/C18H21ClF3N5O3/c19-12-8-11(3-4-13(12)26-7-5-23-15(28)9-26)25-17(30)27-6-1-2-14(27)16(29)24-10-18(20,21)22/h3-4,8,14H,1-2,5-7,9-10H2,(H,23,28)(H,24,29)(H,25,30). The van der Waals surface area contributed by atoms with Gasteiger partial charge in [-0.05, 0) is 31.0 Å². The van der Waals surface area contributed by atoms with Gasteiger partial charge in [0.05, 0.1) is 17.3 Å².